The Balaban J connectivity index is 1.96. The first-order chi connectivity index (χ1) is 13.3. The lowest BCUT2D eigenvalue weighted by atomic mass is 10.1. The number of carbonyl (C=O) groups excluding carboxylic acids is 1. The fraction of sp³-hybridized carbons (Fsp3) is 0.0417. The molecule has 3 aromatic carbocycles. The smallest absolute Gasteiger partial charge is 0.187 e. The molecule has 2 N–H and O–H groups in total. The van der Waals surface area contributed by atoms with Crippen LogP contribution in [0.4, 0.5) is 11.4 Å². The molecule has 27 heavy (non-hydrogen) atoms. The molecule has 0 amide bonds. The highest BCUT2D eigenvalue weighted by Crippen LogP contribution is 2.26. The number of nitrogens with one attached hydrogen (secondary N) is 2. The van der Waals surface area contributed by atoms with Gasteiger partial charge in [0.1, 0.15) is 0 Å². The van der Waals surface area contributed by atoms with Crippen molar-refractivity contribution in [3.8, 4) is 12.3 Å². The minimum Gasteiger partial charge on any atom is -0.372 e. The van der Waals surface area contributed by atoms with Gasteiger partial charge in [0.15, 0.2) is 5.78 Å². The average Bonchev–Trinajstić information content (AvgIpc) is 2.74. The summed E-state index contributed by atoms with van der Waals surface area (Å²) >= 11 is 0. The first-order valence-electron chi connectivity index (χ1n) is 8.68. The molecule has 0 aromatic heterocycles. The highest BCUT2D eigenvalue weighted by molar-refractivity contribution is 6.09. The molecule has 0 aliphatic rings. The molecule has 3 nitrogen and oxygen atoms in total. The van der Waals surface area contributed by atoms with Crippen LogP contribution in [0, 0.1) is 12.3 Å². The minimum atomic E-state index is -0.0592. The fourth-order valence-corrected chi connectivity index (χ4v) is 2.66. The van der Waals surface area contributed by atoms with Crippen molar-refractivity contribution in [2.75, 3.05) is 17.2 Å². The predicted molar refractivity (Wildman–Crippen MR) is 113 cm³/mol. The Morgan fingerprint density at radius 1 is 0.815 bits per heavy atom. The van der Waals surface area contributed by atoms with Crippen LogP contribution >= 0.6 is 0 Å². The number of rotatable bonds is 7. The van der Waals surface area contributed by atoms with Crippen LogP contribution < -0.4 is 10.6 Å². The van der Waals surface area contributed by atoms with Crippen LogP contribution in [0.25, 0.3) is 5.70 Å². The summed E-state index contributed by atoms with van der Waals surface area (Å²) in [5.74, 6) is 2.52. The summed E-state index contributed by atoms with van der Waals surface area (Å²) in [5.41, 5.74) is 4.02. The van der Waals surface area contributed by atoms with E-state index < -0.39 is 0 Å². The van der Waals surface area contributed by atoms with E-state index in [0.29, 0.717) is 12.1 Å². The van der Waals surface area contributed by atoms with Crippen molar-refractivity contribution >= 4 is 22.9 Å². The Morgan fingerprint density at radius 2 is 1.37 bits per heavy atom. The van der Waals surface area contributed by atoms with Crippen molar-refractivity contribution in [1.29, 1.82) is 0 Å². The lowest BCUT2D eigenvalue weighted by Crippen LogP contribution is -2.07. The maximum absolute atomic E-state index is 12.7. The first-order valence-corrected chi connectivity index (χ1v) is 8.68. The third-order valence-corrected chi connectivity index (χ3v) is 4.00. The zero-order valence-electron chi connectivity index (χ0n) is 14.9. The minimum absolute atomic E-state index is 0.0592. The van der Waals surface area contributed by atoms with Gasteiger partial charge in [0.25, 0.3) is 0 Å². The van der Waals surface area contributed by atoms with Gasteiger partial charge < -0.3 is 10.6 Å². The van der Waals surface area contributed by atoms with E-state index in [0.717, 1.165) is 22.6 Å². The van der Waals surface area contributed by atoms with Gasteiger partial charge in [-0.1, -0.05) is 78.7 Å². The molecule has 0 heterocycles. The van der Waals surface area contributed by atoms with E-state index in [4.69, 9.17) is 6.42 Å². The molecular formula is C24H20N2O. The molecule has 0 bridgehead atoms. The van der Waals surface area contributed by atoms with Crippen LogP contribution in [0.2, 0.25) is 0 Å². The third-order valence-electron chi connectivity index (χ3n) is 4.00. The molecule has 0 unspecified atom stereocenters. The molecule has 3 aromatic rings. The Kier molecular flexibility index (Phi) is 6.06. The molecule has 0 spiro atoms. The van der Waals surface area contributed by atoms with E-state index in [1.54, 1.807) is 6.08 Å². The van der Waals surface area contributed by atoms with Crippen LogP contribution in [0.3, 0.4) is 0 Å². The maximum atomic E-state index is 12.7. The van der Waals surface area contributed by atoms with Crippen LogP contribution in [0.5, 0.6) is 0 Å². The van der Waals surface area contributed by atoms with Gasteiger partial charge in [-0.3, -0.25) is 4.79 Å². The topological polar surface area (TPSA) is 41.1 Å². The van der Waals surface area contributed by atoms with E-state index in [1.165, 1.54) is 0 Å². The van der Waals surface area contributed by atoms with Crippen molar-refractivity contribution in [3.05, 3.63) is 102 Å². The zero-order chi connectivity index (χ0) is 18.9. The maximum Gasteiger partial charge on any atom is 0.187 e. The molecule has 0 atom stereocenters. The van der Waals surface area contributed by atoms with E-state index >= 15 is 0 Å². The number of ketones is 1. The van der Waals surface area contributed by atoms with Gasteiger partial charge in [-0.25, -0.2) is 0 Å². The lowest BCUT2D eigenvalue weighted by Gasteiger charge is -2.15. The number of terminal acetylenes is 1. The van der Waals surface area contributed by atoms with Crippen molar-refractivity contribution in [3.63, 3.8) is 0 Å². The zero-order valence-corrected chi connectivity index (χ0v) is 14.9. The Morgan fingerprint density at radius 3 is 2.00 bits per heavy atom. The van der Waals surface area contributed by atoms with E-state index in [1.807, 2.05) is 84.9 Å². The summed E-state index contributed by atoms with van der Waals surface area (Å²) in [6.45, 7) is 0.423. The van der Waals surface area contributed by atoms with Gasteiger partial charge >= 0.3 is 0 Å². The summed E-state index contributed by atoms with van der Waals surface area (Å²) in [7, 11) is 0. The number of carbonyl (C=O) groups is 1. The van der Waals surface area contributed by atoms with Crippen LogP contribution in [0.15, 0.2) is 91.0 Å². The van der Waals surface area contributed by atoms with Crippen LogP contribution in [0.1, 0.15) is 15.9 Å². The lowest BCUT2D eigenvalue weighted by molar-refractivity contribution is 0.104. The van der Waals surface area contributed by atoms with Crippen molar-refractivity contribution in [2.45, 2.75) is 0 Å². The number of hydrogen-bond acceptors (Lipinski definition) is 3. The standard InChI is InChI=1S/C24H20N2O/c1-2-17-25-21-15-9-10-16-22(21)26-23(19-11-5-3-6-12-19)18-24(27)20-13-7-4-8-14-20/h1,3-16,18,25-26H,17H2. The Labute approximate surface area is 159 Å². The van der Waals surface area contributed by atoms with Crippen molar-refractivity contribution in [1.82, 2.24) is 0 Å². The molecule has 0 aliphatic heterocycles. The average molecular weight is 352 g/mol. The summed E-state index contributed by atoms with van der Waals surface area (Å²) in [6, 6.07) is 26.8. The van der Waals surface area contributed by atoms with Gasteiger partial charge in [-0.05, 0) is 17.7 Å². The number of para-hydroxylation sites is 2. The largest absolute Gasteiger partial charge is 0.372 e. The Hall–Kier alpha value is -3.77. The summed E-state index contributed by atoms with van der Waals surface area (Å²) < 4.78 is 0. The molecule has 0 fully saturated rings. The molecule has 0 saturated heterocycles. The SMILES string of the molecule is C#CCNc1ccccc1NC(=CC(=O)c1ccccc1)c1ccccc1. The fourth-order valence-electron chi connectivity index (χ4n) is 2.66. The number of hydrogen-bond donors (Lipinski definition) is 2. The highest BCUT2D eigenvalue weighted by atomic mass is 16.1. The highest BCUT2D eigenvalue weighted by Gasteiger charge is 2.09. The normalized spacial score (nSPS) is 10.7. The first kappa shape index (κ1) is 18.0. The van der Waals surface area contributed by atoms with Gasteiger partial charge in [-0.2, -0.15) is 0 Å². The van der Waals surface area contributed by atoms with Gasteiger partial charge in [0.2, 0.25) is 0 Å². The van der Waals surface area contributed by atoms with Gasteiger partial charge in [0, 0.05) is 17.3 Å². The monoisotopic (exact) mass is 352 g/mol. The van der Waals surface area contributed by atoms with E-state index in [2.05, 4.69) is 16.6 Å². The van der Waals surface area contributed by atoms with Gasteiger partial charge in [0.05, 0.1) is 17.9 Å². The summed E-state index contributed by atoms with van der Waals surface area (Å²) in [6.07, 6.45) is 6.99. The molecule has 0 saturated carbocycles. The Bertz CT molecular complexity index is 970. The third kappa shape index (κ3) is 4.87. The molecule has 0 radical (unpaired) electrons. The molecular weight excluding hydrogens is 332 g/mol. The van der Waals surface area contributed by atoms with Crippen molar-refractivity contribution in [2.24, 2.45) is 0 Å². The number of anilines is 2. The van der Waals surface area contributed by atoms with E-state index in [-0.39, 0.29) is 5.78 Å². The second-order valence-corrected chi connectivity index (χ2v) is 5.88. The molecule has 3 heteroatoms. The second-order valence-electron chi connectivity index (χ2n) is 5.88. The number of allylic oxidation sites excluding steroid dienone is 1. The molecule has 0 aliphatic carbocycles. The molecule has 3 rings (SSSR count). The van der Waals surface area contributed by atoms with Crippen LogP contribution in [-0.4, -0.2) is 12.3 Å². The summed E-state index contributed by atoms with van der Waals surface area (Å²) in [5, 5.41) is 6.58. The van der Waals surface area contributed by atoms with Crippen LogP contribution in [-0.2, 0) is 0 Å². The predicted octanol–water partition coefficient (Wildman–Crippen LogP) is 5.07. The second kappa shape index (κ2) is 9.07. The van der Waals surface area contributed by atoms with Gasteiger partial charge in [-0.15, -0.1) is 6.42 Å². The van der Waals surface area contributed by atoms with Crippen molar-refractivity contribution < 1.29 is 4.79 Å². The summed E-state index contributed by atoms with van der Waals surface area (Å²) in [4.78, 5) is 12.7. The number of benzene rings is 3. The molecule has 132 valence electrons. The quantitative estimate of drug-likeness (QED) is 0.354. The van der Waals surface area contributed by atoms with E-state index in [9.17, 15) is 4.79 Å².